The summed E-state index contributed by atoms with van der Waals surface area (Å²) >= 11 is 0. The van der Waals surface area contributed by atoms with Crippen molar-refractivity contribution in [1.29, 1.82) is 10.5 Å². The summed E-state index contributed by atoms with van der Waals surface area (Å²) in [6.07, 6.45) is 1.42. The molecule has 0 saturated carbocycles. The fourth-order valence-electron chi connectivity index (χ4n) is 1.82. The number of aromatic nitrogens is 3. The van der Waals surface area contributed by atoms with Crippen molar-refractivity contribution in [3.63, 3.8) is 0 Å². The molecule has 0 saturated heterocycles. The Labute approximate surface area is 122 Å². The molecule has 2 aromatic rings. The van der Waals surface area contributed by atoms with Crippen molar-refractivity contribution in [1.82, 2.24) is 20.1 Å². The molecule has 7 heteroatoms. The van der Waals surface area contributed by atoms with Crippen molar-refractivity contribution in [3.8, 4) is 17.8 Å². The zero-order valence-electron chi connectivity index (χ0n) is 11.6. The van der Waals surface area contributed by atoms with Gasteiger partial charge >= 0.3 is 0 Å². The van der Waals surface area contributed by atoms with Crippen LogP contribution in [0.25, 0.3) is 5.69 Å². The first-order valence-electron chi connectivity index (χ1n) is 6.33. The normalized spacial score (nSPS) is 10.0. The molecule has 2 rings (SSSR count). The predicted octanol–water partition coefficient (Wildman–Crippen LogP) is 0.747. The first-order valence-corrected chi connectivity index (χ1v) is 6.33. The Balaban J connectivity index is 2.17. The summed E-state index contributed by atoms with van der Waals surface area (Å²) in [5.74, 6) is 0.0733. The quantitative estimate of drug-likeness (QED) is 0.785. The highest BCUT2D eigenvalue weighted by Crippen LogP contribution is 2.15. The molecule has 0 bridgehead atoms. The Morgan fingerprint density at radius 3 is 2.86 bits per heavy atom. The fourth-order valence-corrected chi connectivity index (χ4v) is 1.82. The molecule has 21 heavy (non-hydrogen) atoms. The Morgan fingerprint density at radius 2 is 2.19 bits per heavy atom. The Morgan fingerprint density at radius 1 is 1.33 bits per heavy atom. The first-order chi connectivity index (χ1) is 10.3. The number of benzene rings is 1. The van der Waals surface area contributed by atoms with Crippen molar-refractivity contribution < 1.29 is 4.74 Å². The molecule has 0 spiro atoms. The molecular formula is C14H14N6O. The summed E-state index contributed by atoms with van der Waals surface area (Å²) in [5.41, 5.74) is 2.08. The highest BCUT2D eigenvalue weighted by atomic mass is 16.5. The van der Waals surface area contributed by atoms with Gasteiger partial charge in [-0.3, -0.25) is 0 Å². The molecule has 0 aliphatic rings. The zero-order chi connectivity index (χ0) is 15.1. The Kier molecular flexibility index (Phi) is 4.99. The molecule has 0 unspecified atom stereocenters. The molecule has 0 fully saturated rings. The molecule has 0 aliphatic carbocycles. The minimum atomic E-state index is 0.0733. The second-order valence-corrected chi connectivity index (χ2v) is 4.26. The highest BCUT2D eigenvalue weighted by molar-refractivity contribution is 5.50. The summed E-state index contributed by atoms with van der Waals surface area (Å²) < 4.78 is 6.38. The molecule has 1 aromatic heterocycles. The Bertz CT molecular complexity index is 694. The maximum Gasteiger partial charge on any atom is 0.252 e. The van der Waals surface area contributed by atoms with E-state index < -0.39 is 0 Å². The van der Waals surface area contributed by atoms with Crippen molar-refractivity contribution in [2.24, 2.45) is 0 Å². The van der Waals surface area contributed by atoms with Gasteiger partial charge in [-0.1, -0.05) is 6.07 Å². The molecule has 1 N–H and O–H groups in total. The van der Waals surface area contributed by atoms with Gasteiger partial charge in [-0.25, -0.2) is 9.67 Å². The van der Waals surface area contributed by atoms with E-state index in [1.807, 2.05) is 12.1 Å². The number of hydrogen-bond acceptors (Lipinski definition) is 6. The molecule has 0 aliphatic heterocycles. The summed E-state index contributed by atoms with van der Waals surface area (Å²) in [5, 5.41) is 25.2. The van der Waals surface area contributed by atoms with Crippen LogP contribution >= 0.6 is 0 Å². The average molecular weight is 282 g/mol. The van der Waals surface area contributed by atoms with Gasteiger partial charge in [0.25, 0.3) is 5.82 Å². The minimum absolute atomic E-state index is 0.0733. The number of rotatable bonds is 6. The number of nitrogens with zero attached hydrogens (tertiary/aromatic N) is 5. The van der Waals surface area contributed by atoms with Crippen molar-refractivity contribution in [3.05, 3.63) is 41.5 Å². The number of hydrogen-bond donors (Lipinski definition) is 1. The van der Waals surface area contributed by atoms with Crippen LogP contribution in [0.4, 0.5) is 0 Å². The monoisotopic (exact) mass is 282 g/mol. The molecule has 0 atom stereocenters. The van der Waals surface area contributed by atoms with E-state index in [0.717, 1.165) is 12.1 Å². The van der Waals surface area contributed by atoms with Crippen LogP contribution in [0.2, 0.25) is 0 Å². The summed E-state index contributed by atoms with van der Waals surface area (Å²) in [6.45, 7) is 2.03. The molecule has 106 valence electrons. The number of nitriles is 2. The number of nitrogens with one attached hydrogen (secondary N) is 1. The lowest BCUT2D eigenvalue weighted by Gasteiger charge is -2.07. The highest BCUT2D eigenvalue weighted by Gasteiger charge is 2.08. The third-order valence-electron chi connectivity index (χ3n) is 2.83. The van der Waals surface area contributed by atoms with Crippen LogP contribution in [0.5, 0.6) is 0 Å². The molecule has 0 radical (unpaired) electrons. The van der Waals surface area contributed by atoms with Crippen molar-refractivity contribution >= 4 is 0 Å². The summed E-state index contributed by atoms with van der Waals surface area (Å²) in [4.78, 5) is 3.83. The van der Waals surface area contributed by atoms with Crippen molar-refractivity contribution in [2.75, 3.05) is 20.3 Å². The van der Waals surface area contributed by atoms with E-state index in [0.29, 0.717) is 24.4 Å². The largest absolute Gasteiger partial charge is 0.383 e. The van der Waals surface area contributed by atoms with Crippen LogP contribution in [0.15, 0.2) is 24.5 Å². The van der Waals surface area contributed by atoms with Gasteiger partial charge in [-0.05, 0) is 17.7 Å². The van der Waals surface area contributed by atoms with E-state index in [4.69, 9.17) is 10.00 Å². The second-order valence-electron chi connectivity index (χ2n) is 4.26. The minimum Gasteiger partial charge on any atom is -0.383 e. The van der Waals surface area contributed by atoms with Crippen LogP contribution in [0.1, 0.15) is 17.0 Å². The molecule has 7 nitrogen and oxygen atoms in total. The maximum atomic E-state index is 9.26. The van der Waals surface area contributed by atoms with Gasteiger partial charge in [-0.2, -0.15) is 10.5 Å². The summed E-state index contributed by atoms with van der Waals surface area (Å²) in [7, 11) is 1.65. The van der Waals surface area contributed by atoms with E-state index in [2.05, 4.69) is 21.5 Å². The topological polar surface area (TPSA) is 99.5 Å². The van der Waals surface area contributed by atoms with Crippen LogP contribution < -0.4 is 5.32 Å². The molecule has 1 heterocycles. The lowest BCUT2D eigenvalue weighted by Crippen LogP contribution is -2.18. The smallest absolute Gasteiger partial charge is 0.252 e. The third-order valence-corrected chi connectivity index (χ3v) is 2.83. The van der Waals surface area contributed by atoms with E-state index in [9.17, 15) is 5.26 Å². The predicted molar refractivity (Wildman–Crippen MR) is 74.4 cm³/mol. The first kappa shape index (κ1) is 14.7. The van der Waals surface area contributed by atoms with E-state index in [1.54, 1.807) is 19.2 Å². The van der Waals surface area contributed by atoms with Crippen LogP contribution in [0.3, 0.4) is 0 Å². The van der Waals surface area contributed by atoms with E-state index in [-0.39, 0.29) is 5.82 Å². The fraction of sp³-hybridized carbons (Fsp3) is 0.286. The van der Waals surface area contributed by atoms with Gasteiger partial charge in [0, 0.05) is 20.2 Å². The second kappa shape index (κ2) is 7.15. The van der Waals surface area contributed by atoms with Gasteiger partial charge in [0.1, 0.15) is 18.5 Å². The Hall–Kier alpha value is -2.74. The van der Waals surface area contributed by atoms with Crippen LogP contribution in [0, 0.1) is 22.7 Å². The van der Waals surface area contributed by atoms with Crippen molar-refractivity contribution in [2.45, 2.75) is 6.54 Å². The SMILES string of the molecule is COCCNCc1ccc(-n2cnc(C#N)n2)c(C#N)c1. The molecule has 1 aromatic carbocycles. The van der Waals surface area contributed by atoms with Gasteiger partial charge in [-0.15, -0.1) is 5.10 Å². The van der Waals surface area contributed by atoms with E-state index >= 15 is 0 Å². The zero-order valence-corrected chi connectivity index (χ0v) is 11.6. The third kappa shape index (κ3) is 3.63. The lowest BCUT2D eigenvalue weighted by molar-refractivity contribution is 0.199. The van der Waals surface area contributed by atoms with Gasteiger partial charge in [0.15, 0.2) is 0 Å². The van der Waals surface area contributed by atoms with E-state index in [1.165, 1.54) is 11.0 Å². The number of methoxy groups -OCH3 is 1. The molecular weight excluding hydrogens is 268 g/mol. The van der Waals surface area contributed by atoms with Crippen LogP contribution in [-0.2, 0) is 11.3 Å². The summed E-state index contributed by atoms with van der Waals surface area (Å²) in [6, 6.07) is 9.49. The standard InChI is InChI=1S/C14H14N6O/c1-21-5-4-17-9-11-2-3-13(12(6-11)7-15)20-10-18-14(8-16)19-20/h2-3,6,10,17H,4-5,9H2,1H3. The average Bonchev–Trinajstić information content (AvgIpc) is 3.00. The van der Waals surface area contributed by atoms with Gasteiger partial charge in [0.2, 0.25) is 0 Å². The maximum absolute atomic E-state index is 9.26. The van der Waals surface area contributed by atoms with Gasteiger partial charge in [0.05, 0.1) is 17.9 Å². The molecule has 0 amide bonds. The van der Waals surface area contributed by atoms with Crippen LogP contribution in [-0.4, -0.2) is 35.0 Å². The lowest BCUT2D eigenvalue weighted by atomic mass is 10.1. The van der Waals surface area contributed by atoms with Gasteiger partial charge < -0.3 is 10.1 Å². The number of ether oxygens (including phenoxy) is 1.